The summed E-state index contributed by atoms with van der Waals surface area (Å²) in [5.41, 5.74) is 4.12. The van der Waals surface area contributed by atoms with E-state index >= 15 is 0 Å². The fourth-order valence-corrected chi connectivity index (χ4v) is 2.24. The van der Waals surface area contributed by atoms with E-state index in [4.69, 9.17) is 11.2 Å². The number of ether oxygens (including phenoxy) is 1. The van der Waals surface area contributed by atoms with Gasteiger partial charge in [-0.15, -0.1) is 12.3 Å². The Morgan fingerprint density at radius 1 is 1.05 bits per heavy atom. The molecule has 0 spiro atoms. The number of rotatable bonds is 6. The average molecular weight is 292 g/mol. The normalized spacial score (nSPS) is 10.0. The molecule has 0 fully saturated rings. The van der Waals surface area contributed by atoms with Gasteiger partial charge in [-0.1, -0.05) is 49.7 Å². The van der Waals surface area contributed by atoms with Crippen molar-refractivity contribution in [3.8, 4) is 23.5 Å². The molecule has 2 nitrogen and oxygen atoms in total. The van der Waals surface area contributed by atoms with Gasteiger partial charge in [0.2, 0.25) is 0 Å². The van der Waals surface area contributed by atoms with Crippen molar-refractivity contribution in [2.45, 2.75) is 26.2 Å². The second kappa shape index (κ2) is 8.05. The Kier molecular flexibility index (Phi) is 5.80. The highest BCUT2D eigenvalue weighted by Gasteiger charge is 2.07. The number of esters is 1. The molecule has 22 heavy (non-hydrogen) atoms. The van der Waals surface area contributed by atoms with Crippen molar-refractivity contribution in [3.05, 3.63) is 59.7 Å². The lowest BCUT2D eigenvalue weighted by Crippen LogP contribution is -2.05. The third-order valence-electron chi connectivity index (χ3n) is 3.43. The fourth-order valence-electron chi connectivity index (χ4n) is 2.24. The predicted octanol–water partition coefficient (Wildman–Crippen LogP) is 4.49. The lowest BCUT2D eigenvalue weighted by atomic mass is 10.0. The van der Waals surface area contributed by atoms with Crippen molar-refractivity contribution in [2.24, 2.45) is 0 Å². The molecule has 0 unspecified atom stereocenters. The van der Waals surface area contributed by atoms with Gasteiger partial charge in [0, 0.05) is 6.42 Å². The molecule has 0 atom stereocenters. The van der Waals surface area contributed by atoms with Crippen LogP contribution in [0.5, 0.6) is 0 Å². The smallest absolute Gasteiger partial charge is 0.338 e. The van der Waals surface area contributed by atoms with Crippen LogP contribution in [0.1, 0.15) is 35.7 Å². The lowest BCUT2D eigenvalue weighted by Gasteiger charge is -2.06. The van der Waals surface area contributed by atoms with Gasteiger partial charge in [-0.2, -0.15) is 0 Å². The first kappa shape index (κ1) is 15.9. The Morgan fingerprint density at radius 2 is 1.64 bits per heavy atom. The first-order valence-electron chi connectivity index (χ1n) is 7.54. The monoisotopic (exact) mass is 292 g/mol. The van der Waals surface area contributed by atoms with E-state index < -0.39 is 0 Å². The summed E-state index contributed by atoms with van der Waals surface area (Å²) in [7, 11) is 0. The van der Waals surface area contributed by atoms with Gasteiger partial charge in [0.15, 0.2) is 0 Å². The number of hydrogen-bond acceptors (Lipinski definition) is 2. The van der Waals surface area contributed by atoms with Crippen LogP contribution in [0.2, 0.25) is 0 Å². The quantitative estimate of drug-likeness (QED) is 0.445. The van der Waals surface area contributed by atoms with E-state index in [0.29, 0.717) is 12.0 Å². The molecular weight excluding hydrogens is 272 g/mol. The molecule has 2 aromatic carbocycles. The second-order valence-corrected chi connectivity index (χ2v) is 5.11. The molecule has 2 rings (SSSR count). The highest BCUT2D eigenvalue weighted by molar-refractivity contribution is 5.90. The highest BCUT2D eigenvalue weighted by Crippen LogP contribution is 2.21. The fraction of sp³-hybridized carbons (Fsp3) is 0.250. The predicted molar refractivity (Wildman–Crippen MR) is 89.6 cm³/mol. The van der Waals surface area contributed by atoms with E-state index in [1.165, 1.54) is 5.56 Å². The Labute approximate surface area is 132 Å². The zero-order chi connectivity index (χ0) is 15.8. The van der Waals surface area contributed by atoms with Crippen LogP contribution in [0.15, 0.2) is 48.5 Å². The number of hydrogen-bond donors (Lipinski definition) is 0. The summed E-state index contributed by atoms with van der Waals surface area (Å²) in [6.07, 6.45) is 7.81. The summed E-state index contributed by atoms with van der Waals surface area (Å²) in [4.78, 5) is 11.8. The maximum Gasteiger partial charge on any atom is 0.338 e. The van der Waals surface area contributed by atoms with Crippen LogP contribution in [-0.4, -0.2) is 12.6 Å². The van der Waals surface area contributed by atoms with Gasteiger partial charge in [0.1, 0.15) is 6.61 Å². The first-order valence-corrected chi connectivity index (χ1v) is 7.54. The van der Waals surface area contributed by atoms with Crippen LogP contribution in [0.25, 0.3) is 11.1 Å². The van der Waals surface area contributed by atoms with Gasteiger partial charge in [-0.05, 0) is 35.2 Å². The molecule has 0 aliphatic heterocycles. The Balaban J connectivity index is 2.05. The van der Waals surface area contributed by atoms with Crippen molar-refractivity contribution >= 4 is 5.97 Å². The molecule has 2 aromatic rings. The minimum Gasteiger partial charge on any atom is -0.461 e. The van der Waals surface area contributed by atoms with E-state index in [0.717, 1.165) is 24.0 Å². The molecule has 112 valence electrons. The zero-order valence-corrected chi connectivity index (χ0v) is 12.8. The standard InChI is InChI=1S/C20H20O2/c1-3-5-15-22-20(21)19-13-11-18(12-14-19)17-9-7-16(6-4-2)8-10-17/h1,7-14H,4-6,15H2,2H3. The van der Waals surface area contributed by atoms with Gasteiger partial charge >= 0.3 is 5.97 Å². The number of benzene rings is 2. The summed E-state index contributed by atoms with van der Waals surface area (Å²) in [6, 6.07) is 16.0. The molecule has 0 amide bonds. The topological polar surface area (TPSA) is 26.3 Å². The SMILES string of the molecule is C#CCCOC(=O)c1ccc(-c2ccc(CCC)cc2)cc1. The largest absolute Gasteiger partial charge is 0.461 e. The molecule has 0 aliphatic carbocycles. The van der Waals surface area contributed by atoms with Crippen molar-refractivity contribution in [2.75, 3.05) is 6.61 Å². The molecule has 0 aromatic heterocycles. The van der Waals surface area contributed by atoms with Gasteiger partial charge < -0.3 is 4.74 Å². The van der Waals surface area contributed by atoms with Gasteiger partial charge in [-0.25, -0.2) is 4.79 Å². The summed E-state index contributed by atoms with van der Waals surface area (Å²) in [5.74, 6) is 2.11. The lowest BCUT2D eigenvalue weighted by molar-refractivity contribution is 0.0514. The van der Waals surface area contributed by atoms with E-state index in [1.807, 2.05) is 12.1 Å². The van der Waals surface area contributed by atoms with Crippen LogP contribution >= 0.6 is 0 Å². The van der Waals surface area contributed by atoms with Crippen molar-refractivity contribution < 1.29 is 9.53 Å². The summed E-state index contributed by atoms with van der Waals surface area (Å²) in [6.45, 7) is 2.44. The minimum atomic E-state index is -0.333. The summed E-state index contributed by atoms with van der Waals surface area (Å²) in [5, 5.41) is 0. The Morgan fingerprint density at radius 3 is 2.18 bits per heavy atom. The van der Waals surface area contributed by atoms with E-state index in [-0.39, 0.29) is 12.6 Å². The number of terminal acetylenes is 1. The van der Waals surface area contributed by atoms with Crippen molar-refractivity contribution in [1.82, 2.24) is 0 Å². The van der Waals surface area contributed by atoms with Crippen molar-refractivity contribution in [3.63, 3.8) is 0 Å². The first-order chi connectivity index (χ1) is 10.7. The molecule has 0 radical (unpaired) electrons. The van der Waals surface area contributed by atoms with E-state index in [1.54, 1.807) is 12.1 Å². The van der Waals surface area contributed by atoms with Crippen LogP contribution in [0, 0.1) is 12.3 Å². The van der Waals surface area contributed by atoms with Crippen LogP contribution in [0.4, 0.5) is 0 Å². The Hall–Kier alpha value is -2.53. The van der Waals surface area contributed by atoms with Crippen molar-refractivity contribution in [1.29, 1.82) is 0 Å². The molecule has 0 saturated carbocycles. The minimum absolute atomic E-state index is 0.260. The maximum absolute atomic E-state index is 11.8. The molecule has 2 heteroatoms. The summed E-state index contributed by atoms with van der Waals surface area (Å²) < 4.78 is 5.08. The highest BCUT2D eigenvalue weighted by atomic mass is 16.5. The molecule has 0 saturated heterocycles. The van der Waals surface area contributed by atoms with Crippen LogP contribution in [-0.2, 0) is 11.2 Å². The third-order valence-corrected chi connectivity index (χ3v) is 3.43. The molecule has 0 N–H and O–H groups in total. The number of carbonyl (C=O) groups excluding carboxylic acids is 1. The zero-order valence-electron chi connectivity index (χ0n) is 12.8. The molecular formula is C20H20O2. The average Bonchev–Trinajstić information content (AvgIpc) is 2.56. The Bertz CT molecular complexity index is 646. The molecule has 0 bridgehead atoms. The summed E-state index contributed by atoms with van der Waals surface area (Å²) >= 11 is 0. The number of aryl methyl sites for hydroxylation is 1. The van der Waals surface area contributed by atoms with E-state index in [2.05, 4.69) is 37.1 Å². The number of carbonyl (C=O) groups is 1. The van der Waals surface area contributed by atoms with E-state index in [9.17, 15) is 4.79 Å². The third kappa shape index (κ3) is 4.23. The van der Waals surface area contributed by atoms with Crippen LogP contribution in [0.3, 0.4) is 0 Å². The molecule has 0 heterocycles. The second-order valence-electron chi connectivity index (χ2n) is 5.11. The van der Waals surface area contributed by atoms with Gasteiger partial charge in [-0.3, -0.25) is 0 Å². The molecule has 0 aliphatic rings. The van der Waals surface area contributed by atoms with Gasteiger partial charge in [0.05, 0.1) is 5.56 Å². The maximum atomic E-state index is 11.8. The van der Waals surface area contributed by atoms with Crippen LogP contribution < -0.4 is 0 Å². The van der Waals surface area contributed by atoms with Gasteiger partial charge in [0.25, 0.3) is 0 Å².